The quantitative estimate of drug-likeness (QED) is 0.831. The lowest BCUT2D eigenvalue weighted by Crippen LogP contribution is -2.30. The van der Waals surface area contributed by atoms with E-state index in [1.54, 1.807) is 0 Å². The number of aromatic nitrogens is 2. The Bertz CT molecular complexity index is 419. The molecule has 18 heavy (non-hydrogen) atoms. The number of thioether (sulfide) groups is 1. The molecule has 0 saturated carbocycles. The average Bonchev–Trinajstić information content (AvgIpc) is 2.27. The van der Waals surface area contributed by atoms with Crippen molar-refractivity contribution in [2.24, 2.45) is 0 Å². The molecule has 100 valence electrons. The molecule has 4 nitrogen and oxygen atoms in total. The summed E-state index contributed by atoms with van der Waals surface area (Å²) in [4.78, 5) is 9.30. The van der Waals surface area contributed by atoms with E-state index in [1.165, 1.54) is 0 Å². The Labute approximate surface area is 113 Å². The lowest BCUT2D eigenvalue weighted by atomic mass is 10.2. The predicted molar refractivity (Wildman–Crippen MR) is 75.5 cm³/mol. The van der Waals surface area contributed by atoms with Gasteiger partial charge in [-0.3, -0.25) is 0 Å². The van der Waals surface area contributed by atoms with E-state index in [1.807, 2.05) is 11.8 Å². The van der Waals surface area contributed by atoms with E-state index in [4.69, 9.17) is 9.72 Å². The SMILES string of the molecule is CCNc1nc(C(C)C)nc(SC2COC2)c1C. The van der Waals surface area contributed by atoms with E-state index < -0.39 is 0 Å². The van der Waals surface area contributed by atoms with Gasteiger partial charge in [-0.15, -0.1) is 0 Å². The molecule has 0 bridgehead atoms. The number of hydrogen-bond donors (Lipinski definition) is 1. The smallest absolute Gasteiger partial charge is 0.134 e. The van der Waals surface area contributed by atoms with Crippen molar-refractivity contribution in [1.29, 1.82) is 0 Å². The minimum absolute atomic E-state index is 0.347. The molecule has 1 N–H and O–H groups in total. The van der Waals surface area contributed by atoms with Gasteiger partial charge in [0.25, 0.3) is 0 Å². The second-order valence-corrected chi connectivity index (χ2v) is 6.11. The second kappa shape index (κ2) is 5.89. The summed E-state index contributed by atoms with van der Waals surface area (Å²) in [5.41, 5.74) is 1.15. The van der Waals surface area contributed by atoms with Gasteiger partial charge in [-0.2, -0.15) is 0 Å². The molecule has 1 saturated heterocycles. The van der Waals surface area contributed by atoms with Crippen LogP contribution in [0, 0.1) is 6.92 Å². The molecular formula is C13H21N3OS. The molecule has 2 rings (SSSR count). The Morgan fingerprint density at radius 3 is 2.61 bits per heavy atom. The van der Waals surface area contributed by atoms with Crippen LogP contribution >= 0.6 is 11.8 Å². The first-order chi connectivity index (χ1) is 8.61. The van der Waals surface area contributed by atoms with Gasteiger partial charge in [0.15, 0.2) is 0 Å². The first-order valence-corrected chi connectivity index (χ1v) is 7.36. The molecule has 1 aliphatic rings. The lowest BCUT2D eigenvalue weighted by Gasteiger charge is -2.26. The fraction of sp³-hybridized carbons (Fsp3) is 0.692. The third-order valence-electron chi connectivity index (χ3n) is 2.86. The van der Waals surface area contributed by atoms with Crippen LogP contribution in [-0.4, -0.2) is 35.0 Å². The molecule has 0 atom stereocenters. The summed E-state index contributed by atoms with van der Waals surface area (Å²) in [5, 5.41) is 4.97. The van der Waals surface area contributed by atoms with Crippen molar-refractivity contribution in [3.63, 3.8) is 0 Å². The van der Waals surface area contributed by atoms with Crippen LogP contribution in [0.15, 0.2) is 5.03 Å². The fourth-order valence-electron chi connectivity index (χ4n) is 1.67. The van der Waals surface area contributed by atoms with E-state index in [-0.39, 0.29) is 0 Å². The van der Waals surface area contributed by atoms with Crippen LogP contribution in [0.1, 0.15) is 38.1 Å². The molecule has 0 unspecified atom stereocenters. The van der Waals surface area contributed by atoms with Crippen LogP contribution in [0.25, 0.3) is 0 Å². The zero-order chi connectivity index (χ0) is 13.1. The van der Waals surface area contributed by atoms with Crippen molar-refractivity contribution < 1.29 is 4.74 Å². The number of ether oxygens (including phenoxy) is 1. The van der Waals surface area contributed by atoms with Gasteiger partial charge in [0, 0.05) is 18.0 Å². The highest BCUT2D eigenvalue weighted by Crippen LogP contribution is 2.32. The molecule has 0 spiro atoms. The van der Waals surface area contributed by atoms with Crippen molar-refractivity contribution >= 4 is 17.6 Å². The van der Waals surface area contributed by atoms with Crippen molar-refractivity contribution in [3.8, 4) is 0 Å². The Balaban J connectivity index is 2.29. The highest BCUT2D eigenvalue weighted by molar-refractivity contribution is 8.00. The molecule has 1 fully saturated rings. The summed E-state index contributed by atoms with van der Waals surface area (Å²) in [7, 11) is 0. The molecular weight excluding hydrogens is 246 g/mol. The zero-order valence-corrected chi connectivity index (χ0v) is 12.3. The number of hydrogen-bond acceptors (Lipinski definition) is 5. The van der Waals surface area contributed by atoms with E-state index in [0.29, 0.717) is 11.2 Å². The third kappa shape index (κ3) is 2.95. The maximum atomic E-state index is 5.22. The minimum atomic E-state index is 0.347. The van der Waals surface area contributed by atoms with Gasteiger partial charge in [0.1, 0.15) is 16.7 Å². The molecule has 1 aliphatic heterocycles. The fourth-order valence-corrected chi connectivity index (χ4v) is 2.73. The summed E-state index contributed by atoms with van der Waals surface area (Å²) >= 11 is 1.81. The molecule has 5 heteroatoms. The third-order valence-corrected chi connectivity index (χ3v) is 4.09. The van der Waals surface area contributed by atoms with Crippen LogP contribution in [0.5, 0.6) is 0 Å². The Morgan fingerprint density at radius 1 is 1.39 bits per heavy atom. The van der Waals surface area contributed by atoms with Gasteiger partial charge in [0.05, 0.1) is 18.5 Å². The van der Waals surface area contributed by atoms with Crippen molar-refractivity contribution in [1.82, 2.24) is 9.97 Å². The van der Waals surface area contributed by atoms with E-state index in [0.717, 1.165) is 42.0 Å². The molecule has 0 amide bonds. The molecule has 0 aliphatic carbocycles. The number of nitrogens with zero attached hydrogens (tertiary/aromatic N) is 2. The van der Waals surface area contributed by atoms with Gasteiger partial charge < -0.3 is 10.1 Å². The maximum absolute atomic E-state index is 5.22. The summed E-state index contributed by atoms with van der Waals surface area (Å²) < 4.78 is 5.22. The van der Waals surface area contributed by atoms with Gasteiger partial charge in [0.2, 0.25) is 0 Å². The van der Waals surface area contributed by atoms with Crippen LogP contribution in [0.2, 0.25) is 0 Å². The second-order valence-electron chi connectivity index (χ2n) is 4.82. The largest absolute Gasteiger partial charge is 0.379 e. The monoisotopic (exact) mass is 267 g/mol. The lowest BCUT2D eigenvalue weighted by molar-refractivity contribution is 0.0454. The van der Waals surface area contributed by atoms with Crippen LogP contribution < -0.4 is 5.32 Å². The molecule has 1 aromatic rings. The van der Waals surface area contributed by atoms with E-state index in [9.17, 15) is 0 Å². The van der Waals surface area contributed by atoms with E-state index in [2.05, 4.69) is 38.0 Å². The minimum Gasteiger partial charge on any atom is -0.379 e. The summed E-state index contributed by atoms with van der Waals surface area (Å²) in [6.45, 7) is 11.0. The Kier molecular flexibility index (Phi) is 4.45. The van der Waals surface area contributed by atoms with Crippen molar-refractivity contribution in [2.75, 3.05) is 25.1 Å². The van der Waals surface area contributed by atoms with Crippen LogP contribution in [0.4, 0.5) is 5.82 Å². The standard InChI is InChI=1S/C13H21N3OS/c1-5-14-12-9(4)13(18-10-6-17-7-10)16-11(15-12)8(2)3/h8,10H,5-7H2,1-4H3,(H,14,15,16). The number of anilines is 1. The number of rotatable bonds is 5. The van der Waals surface area contributed by atoms with Gasteiger partial charge in [-0.25, -0.2) is 9.97 Å². The van der Waals surface area contributed by atoms with Crippen molar-refractivity contribution in [3.05, 3.63) is 11.4 Å². The average molecular weight is 267 g/mol. The zero-order valence-electron chi connectivity index (χ0n) is 11.5. The molecule has 2 heterocycles. The first kappa shape index (κ1) is 13.6. The summed E-state index contributed by atoms with van der Waals surface area (Å²) in [5.74, 6) is 2.23. The van der Waals surface area contributed by atoms with E-state index >= 15 is 0 Å². The summed E-state index contributed by atoms with van der Waals surface area (Å²) in [6.07, 6.45) is 0. The molecule has 0 aromatic carbocycles. The number of nitrogens with one attached hydrogen (secondary N) is 1. The highest BCUT2D eigenvalue weighted by Gasteiger charge is 2.23. The van der Waals surface area contributed by atoms with Gasteiger partial charge in [-0.1, -0.05) is 25.6 Å². The normalized spacial score (nSPS) is 15.8. The Morgan fingerprint density at radius 2 is 2.11 bits per heavy atom. The van der Waals surface area contributed by atoms with Crippen LogP contribution in [0.3, 0.4) is 0 Å². The Hall–Kier alpha value is -0.810. The van der Waals surface area contributed by atoms with Gasteiger partial charge >= 0.3 is 0 Å². The summed E-state index contributed by atoms with van der Waals surface area (Å²) in [6, 6.07) is 0. The first-order valence-electron chi connectivity index (χ1n) is 6.48. The van der Waals surface area contributed by atoms with Gasteiger partial charge in [-0.05, 0) is 13.8 Å². The van der Waals surface area contributed by atoms with Crippen LogP contribution in [-0.2, 0) is 4.74 Å². The maximum Gasteiger partial charge on any atom is 0.134 e. The van der Waals surface area contributed by atoms with Crippen molar-refractivity contribution in [2.45, 2.75) is 43.9 Å². The predicted octanol–water partition coefficient (Wildman–Crippen LogP) is 2.83. The molecule has 1 aromatic heterocycles. The highest BCUT2D eigenvalue weighted by atomic mass is 32.2. The molecule has 0 radical (unpaired) electrons. The topological polar surface area (TPSA) is 47.0 Å².